The van der Waals surface area contributed by atoms with Crippen LogP contribution in [0.5, 0.6) is 0 Å². The molecule has 2 aromatic carbocycles. The van der Waals surface area contributed by atoms with Gasteiger partial charge in [0.1, 0.15) is 0 Å². The van der Waals surface area contributed by atoms with Crippen LogP contribution in [0.3, 0.4) is 0 Å². The van der Waals surface area contributed by atoms with Gasteiger partial charge in [0.25, 0.3) is 0 Å². The van der Waals surface area contributed by atoms with Crippen molar-refractivity contribution < 1.29 is 19.1 Å². The average molecular weight is 364 g/mol. The van der Waals surface area contributed by atoms with Crippen molar-refractivity contribution in [1.82, 2.24) is 4.98 Å². The van der Waals surface area contributed by atoms with Gasteiger partial charge < -0.3 is 15.0 Å². The fraction of sp³-hybridized carbons (Fsp3) is 0.190. The number of Topliss-reactive ketones (excluding diaryl/α,β-unsaturated/α-hetero) is 1. The number of fused-ring (bicyclic) bond motifs is 1. The highest BCUT2D eigenvalue weighted by Gasteiger charge is 2.24. The molecule has 0 aliphatic carbocycles. The third kappa shape index (κ3) is 3.74. The SMILES string of the molecule is CC(=O)Nc1c(C)cccc1C(=O)O[C@H](C)C(=O)c1c[nH]c2ccccc12. The Labute approximate surface area is 156 Å². The average Bonchev–Trinajstić information content (AvgIpc) is 3.06. The minimum atomic E-state index is -0.970. The molecule has 138 valence electrons. The van der Waals surface area contributed by atoms with E-state index in [1.807, 2.05) is 24.3 Å². The van der Waals surface area contributed by atoms with Crippen LogP contribution in [-0.2, 0) is 9.53 Å². The first-order chi connectivity index (χ1) is 12.9. The fourth-order valence-electron chi connectivity index (χ4n) is 2.95. The number of ether oxygens (including phenoxy) is 1. The molecular formula is C21H20N2O4. The third-order valence-corrected chi connectivity index (χ3v) is 4.30. The third-order valence-electron chi connectivity index (χ3n) is 4.30. The maximum Gasteiger partial charge on any atom is 0.340 e. The van der Waals surface area contributed by atoms with Gasteiger partial charge in [0, 0.05) is 29.6 Å². The zero-order valence-corrected chi connectivity index (χ0v) is 15.3. The number of ketones is 1. The van der Waals surface area contributed by atoms with Crippen molar-refractivity contribution in [2.45, 2.75) is 26.9 Å². The second-order valence-electron chi connectivity index (χ2n) is 6.34. The van der Waals surface area contributed by atoms with Crippen molar-refractivity contribution in [2.75, 3.05) is 5.32 Å². The highest BCUT2D eigenvalue weighted by Crippen LogP contribution is 2.24. The topological polar surface area (TPSA) is 88.3 Å². The first-order valence-corrected chi connectivity index (χ1v) is 8.57. The number of hydrogen-bond donors (Lipinski definition) is 2. The van der Waals surface area contributed by atoms with Crippen LogP contribution in [0.2, 0.25) is 0 Å². The van der Waals surface area contributed by atoms with E-state index in [4.69, 9.17) is 4.74 Å². The summed E-state index contributed by atoms with van der Waals surface area (Å²) in [6.07, 6.45) is 0.648. The van der Waals surface area contributed by atoms with Gasteiger partial charge in [0.15, 0.2) is 6.10 Å². The molecule has 0 fully saturated rings. The minimum absolute atomic E-state index is 0.212. The molecule has 0 aliphatic rings. The predicted octanol–water partition coefficient (Wildman–Crippen LogP) is 3.86. The quantitative estimate of drug-likeness (QED) is 0.531. The molecule has 0 unspecified atom stereocenters. The Kier molecular flexibility index (Phi) is 5.07. The van der Waals surface area contributed by atoms with E-state index in [1.54, 1.807) is 31.3 Å². The molecule has 0 aliphatic heterocycles. The lowest BCUT2D eigenvalue weighted by atomic mass is 10.1. The van der Waals surface area contributed by atoms with E-state index in [2.05, 4.69) is 10.3 Å². The minimum Gasteiger partial charge on any atom is -0.451 e. The van der Waals surface area contributed by atoms with Crippen LogP contribution in [0, 0.1) is 6.92 Å². The van der Waals surface area contributed by atoms with E-state index in [9.17, 15) is 14.4 Å². The Hall–Kier alpha value is -3.41. The zero-order valence-electron chi connectivity index (χ0n) is 15.3. The van der Waals surface area contributed by atoms with Crippen molar-refractivity contribution in [3.63, 3.8) is 0 Å². The summed E-state index contributed by atoms with van der Waals surface area (Å²) in [6.45, 7) is 4.68. The maximum atomic E-state index is 12.7. The number of aromatic amines is 1. The van der Waals surface area contributed by atoms with Gasteiger partial charge in [0.05, 0.1) is 11.3 Å². The molecule has 0 saturated carbocycles. The van der Waals surface area contributed by atoms with Crippen molar-refractivity contribution in [1.29, 1.82) is 0 Å². The van der Waals surface area contributed by atoms with E-state index in [0.29, 0.717) is 11.3 Å². The van der Waals surface area contributed by atoms with E-state index >= 15 is 0 Å². The number of carbonyl (C=O) groups excluding carboxylic acids is 3. The monoisotopic (exact) mass is 364 g/mol. The molecule has 3 aromatic rings. The number of nitrogens with one attached hydrogen (secondary N) is 2. The van der Waals surface area contributed by atoms with E-state index in [1.165, 1.54) is 13.8 Å². The lowest BCUT2D eigenvalue weighted by Crippen LogP contribution is -2.25. The number of aromatic nitrogens is 1. The van der Waals surface area contributed by atoms with E-state index < -0.39 is 12.1 Å². The number of esters is 1. The van der Waals surface area contributed by atoms with Gasteiger partial charge >= 0.3 is 5.97 Å². The summed E-state index contributed by atoms with van der Waals surface area (Å²) >= 11 is 0. The second kappa shape index (κ2) is 7.45. The molecule has 3 rings (SSSR count). The number of carbonyl (C=O) groups is 3. The summed E-state index contributed by atoms with van der Waals surface area (Å²) < 4.78 is 5.39. The number of benzene rings is 2. The van der Waals surface area contributed by atoms with Gasteiger partial charge in [-0.05, 0) is 31.5 Å². The molecule has 1 atom stereocenters. The van der Waals surface area contributed by atoms with Crippen LogP contribution in [0.15, 0.2) is 48.7 Å². The van der Waals surface area contributed by atoms with Gasteiger partial charge in [-0.1, -0.05) is 30.3 Å². The summed E-state index contributed by atoms with van der Waals surface area (Å²) in [5.74, 6) is -1.25. The summed E-state index contributed by atoms with van der Waals surface area (Å²) in [7, 11) is 0. The second-order valence-corrected chi connectivity index (χ2v) is 6.34. The maximum absolute atomic E-state index is 12.7. The van der Waals surface area contributed by atoms with Crippen molar-refractivity contribution >= 4 is 34.3 Å². The molecule has 0 radical (unpaired) electrons. The van der Waals surface area contributed by atoms with Gasteiger partial charge in [-0.2, -0.15) is 0 Å². The van der Waals surface area contributed by atoms with Crippen LogP contribution in [0.1, 0.15) is 40.1 Å². The number of rotatable bonds is 5. The summed E-state index contributed by atoms with van der Waals surface area (Å²) in [4.78, 5) is 39.8. The molecule has 6 nitrogen and oxygen atoms in total. The molecule has 2 N–H and O–H groups in total. The summed E-state index contributed by atoms with van der Waals surface area (Å²) in [5, 5.41) is 3.42. The molecule has 0 saturated heterocycles. The van der Waals surface area contributed by atoms with Crippen LogP contribution < -0.4 is 5.32 Å². The van der Waals surface area contributed by atoms with Gasteiger partial charge in [0.2, 0.25) is 11.7 Å². The predicted molar refractivity (Wildman–Crippen MR) is 103 cm³/mol. The first kappa shape index (κ1) is 18.4. The normalized spacial score (nSPS) is 11.8. The Balaban J connectivity index is 1.83. The lowest BCUT2D eigenvalue weighted by Gasteiger charge is -2.15. The van der Waals surface area contributed by atoms with Crippen LogP contribution in [-0.4, -0.2) is 28.7 Å². The number of amides is 1. The van der Waals surface area contributed by atoms with Crippen molar-refractivity contribution in [3.05, 3.63) is 65.4 Å². The summed E-state index contributed by atoms with van der Waals surface area (Å²) in [6, 6.07) is 12.5. The number of H-pyrrole nitrogens is 1. The lowest BCUT2D eigenvalue weighted by molar-refractivity contribution is -0.114. The smallest absolute Gasteiger partial charge is 0.340 e. The number of anilines is 1. The molecule has 1 aromatic heterocycles. The molecule has 0 bridgehead atoms. The first-order valence-electron chi connectivity index (χ1n) is 8.57. The van der Waals surface area contributed by atoms with Gasteiger partial charge in [-0.3, -0.25) is 9.59 Å². The molecular weight excluding hydrogens is 344 g/mol. The van der Waals surface area contributed by atoms with Crippen molar-refractivity contribution in [2.24, 2.45) is 0 Å². The van der Waals surface area contributed by atoms with E-state index in [0.717, 1.165) is 16.5 Å². The Bertz CT molecular complexity index is 1040. The Morgan fingerprint density at radius 1 is 1.04 bits per heavy atom. The molecule has 0 spiro atoms. The van der Waals surface area contributed by atoms with Crippen LogP contribution >= 0.6 is 0 Å². The number of para-hydroxylation sites is 2. The van der Waals surface area contributed by atoms with Crippen molar-refractivity contribution in [3.8, 4) is 0 Å². The molecule has 1 heterocycles. The zero-order chi connectivity index (χ0) is 19.6. The highest BCUT2D eigenvalue weighted by molar-refractivity contribution is 6.11. The van der Waals surface area contributed by atoms with Gasteiger partial charge in [-0.15, -0.1) is 0 Å². The number of aryl methyl sites for hydroxylation is 1. The molecule has 27 heavy (non-hydrogen) atoms. The molecule has 1 amide bonds. The summed E-state index contributed by atoms with van der Waals surface area (Å²) in [5.41, 5.74) is 2.64. The standard InChI is InChI=1S/C21H20N2O4/c1-12-7-6-9-16(19(12)23-14(3)24)21(26)27-13(2)20(25)17-11-22-18-10-5-4-8-15(17)18/h4-11,13,22H,1-3H3,(H,23,24)/t13-/m1/s1. The Morgan fingerprint density at radius 3 is 2.52 bits per heavy atom. The number of hydrogen-bond acceptors (Lipinski definition) is 4. The molecule has 6 heteroatoms. The Morgan fingerprint density at radius 2 is 1.78 bits per heavy atom. The van der Waals surface area contributed by atoms with Crippen LogP contribution in [0.4, 0.5) is 5.69 Å². The van der Waals surface area contributed by atoms with Crippen LogP contribution in [0.25, 0.3) is 10.9 Å². The van der Waals surface area contributed by atoms with E-state index in [-0.39, 0.29) is 17.3 Å². The highest BCUT2D eigenvalue weighted by atomic mass is 16.5. The largest absolute Gasteiger partial charge is 0.451 e. The fourth-order valence-corrected chi connectivity index (χ4v) is 2.95. The van der Waals surface area contributed by atoms with Gasteiger partial charge in [-0.25, -0.2) is 4.79 Å².